The van der Waals surface area contributed by atoms with Gasteiger partial charge in [0.2, 0.25) is 5.89 Å². The molecule has 0 fully saturated rings. The van der Waals surface area contributed by atoms with Crippen LogP contribution in [-0.4, -0.2) is 16.4 Å². The number of para-hydroxylation sites is 2. The van der Waals surface area contributed by atoms with E-state index in [-0.39, 0.29) is 0 Å². The highest BCUT2D eigenvalue weighted by atomic mass is 16.3. The molecule has 1 aliphatic rings. The highest BCUT2D eigenvalue weighted by molar-refractivity contribution is 5.72. The standard InChI is InChI=1S/C20H18N2O/c1-2-13-22(18-12-11-15-7-3-4-8-16(15)18)14-20-21-17-9-5-6-10-19(17)23-20/h1,3-10,18H,11-14H2. The van der Waals surface area contributed by atoms with E-state index in [0.29, 0.717) is 19.1 Å². The molecule has 0 saturated carbocycles. The third-order valence-electron chi connectivity index (χ3n) is 4.51. The fourth-order valence-electron chi connectivity index (χ4n) is 3.47. The summed E-state index contributed by atoms with van der Waals surface area (Å²) in [6, 6.07) is 16.8. The molecule has 3 nitrogen and oxygen atoms in total. The first kappa shape index (κ1) is 14.0. The van der Waals surface area contributed by atoms with Crippen LogP contribution in [0.15, 0.2) is 52.9 Å². The lowest BCUT2D eigenvalue weighted by Crippen LogP contribution is -2.27. The molecule has 0 amide bonds. The van der Waals surface area contributed by atoms with Gasteiger partial charge < -0.3 is 4.42 Å². The number of aryl methyl sites for hydroxylation is 1. The molecular weight excluding hydrogens is 284 g/mol. The van der Waals surface area contributed by atoms with E-state index in [2.05, 4.69) is 40.1 Å². The Kier molecular flexibility index (Phi) is 3.61. The first-order valence-electron chi connectivity index (χ1n) is 7.95. The second-order valence-corrected chi connectivity index (χ2v) is 5.94. The summed E-state index contributed by atoms with van der Waals surface area (Å²) in [4.78, 5) is 6.87. The van der Waals surface area contributed by atoms with Crippen LogP contribution in [0.1, 0.15) is 29.5 Å². The number of rotatable bonds is 4. The minimum atomic E-state index is 0.345. The van der Waals surface area contributed by atoms with Crippen molar-refractivity contribution in [2.75, 3.05) is 6.54 Å². The van der Waals surface area contributed by atoms with Crippen LogP contribution in [-0.2, 0) is 13.0 Å². The van der Waals surface area contributed by atoms with Crippen LogP contribution in [0.25, 0.3) is 11.1 Å². The van der Waals surface area contributed by atoms with Crippen LogP contribution in [0.2, 0.25) is 0 Å². The number of benzene rings is 2. The minimum Gasteiger partial charge on any atom is -0.439 e. The molecule has 0 radical (unpaired) electrons. The van der Waals surface area contributed by atoms with Crippen LogP contribution in [0.4, 0.5) is 0 Å². The van der Waals surface area contributed by atoms with Crippen LogP contribution in [0, 0.1) is 12.3 Å². The molecule has 1 aliphatic carbocycles. The zero-order chi connectivity index (χ0) is 15.6. The Hall–Kier alpha value is -2.57. The number of nitrogens with zero attached hydrogens (tertiary/aromatic N) is 2. The molecule has 114 valence electrons. The van der Waals surface area contributed by atoms with Gasteiger partial charge in [0.1, 0.15) is 5.52 Å². The first-order chi connectivity index (χ1) is 11.3. The number of aromatic nitrogens is 1. The summed E-state index contributed by atoms with van der Waals surface area (Å²) in [6.45, 7) is 1.23. The maximum atomic E-state index is 5.87. The molecule has 0 aliphatic heterocycles. The number of oxazole rings is 1. The third-order valence-corrected chi connectivity index (χ3v) is 4.51. The molecule has 3 heteroatoms. The van der Waals surface area contributed by atoms with Crippen LogP contribution < -0.4 is 0 Å². The maximum Gasteiger partial charge on any atom is 0.209 e. The van der Waals surface area contributed by atoms with Gasteiger partial charge >= 0.3 is 0 Å². The largest absolute Gasteiger partial charge is 0.439 e. The second kappa shape index (κ2) is 5.91. The van der Waals surface area contributed by atoms with Crippen LogP contribution in [0.3, 0.4) is 0 Å². The Morgan fingerprint density at radius 1 is 1.17 bits per heavy atom. The van der Waals surface area contributed by atoms with Crippen LogP contribution in [0.5, 0.6) is 0 Å². The Bertz CT molecular complexity index is 841. The molecule has 1 heterocycles. The Balaban J connectivity index is 1.63. The lowest BCUT2D eigenvalue weighted by molar-refractivity contribution is 0.195. The highest BCUT2D eigenvalue weighted by Gasteiger charge is 2.28. The summed E-state index contributed by atoms with van der Waals surface area (Å²) in [5, 5.41) is 0. The molecule has 2 aromatic carbocycles. The first-order valence-corrected chi connectivity index (χ1v) is 7.95. The lowest BCUT2D eigenvalue weighted by Gasteiger charge is -2.26. The highest BCUT2D eigenvalue weighted by Crippen LogP contribution is 2.36. The third kappa shape index (κ3) is 2.62. The van der Waals surface area contributed by atoms with E-state index in [4.69, 9.17) is 10.8 Å². The van der Waals surface area contributed by atoms with E-state index in [9.17, 15) is 0 Å². The molecular formula is C20H18N2O. The topological polar surface area (TPSA) is 29.3 Å². The van der Waals surface area contributed by atoms with Crippen molar-refractivity contribution in [2.45, 2.75) is 25.4 Å². The molecule has 0 spiro atoms. The Labute approximate surface area is 135 Å². The van der Waals surface area contributed by atoms with E-state index in [0.717, 1.165) is 29.8 Å². The van der Waals surface area contributed by atoms with Gasteiger partial charge in [0.05, 0.1) is 13.1 Å². The van der Waals surface area contributed by atoms with Gasteiger partial charge in [-0.05, 0) is 36.1 Å². The van der Waals surface area contributed by atoms with Gasteiger partial charge in [-0.3, -0.25) is 4.90 Å². The maximum absolute atomic E-state index is 5.87. The molecule has 3 aromatic rings. The number of terminal acetylenes is 1. The van der Waals surface area contributed by atoms with Crippen molar-refractivity contribution < 1.29 is 4.42 Å². The predicted molar refractivity (Wildman–Crippen MR) is 90.8 cm³/mol. The zero-order valence-electron chi connectivity index (χ0n) is 12.9. The monoisotopic (exact) mass is 302 g/mol. The smallest absolute Gasteiger partial charge is 0.209 e. The fourth-order valence-corrected chi connectivity index (χ4v) is 3.47. The summed E-state index contributed by atoms with van der Waals surface area (Å²) in [6.07, 6.45) is 7.81. The van der Waals surface area contributed by atoms with Gasteiger partial charge in [-0.2, -0.15) is 0 Å². The van der Waals surface area contributed by atoms with E-state index in [1.165, 1.54) is 11.1 Å². The molecule has 4 rings (SSSR count). The Morgan fingerprint density at radius 3 is 2.87 bits per heavy atom. The average Bonchev–Trinajstić information content (AvgIpc) is 3.17. The molecule has 23 heavy (non-hydrogen) atoms. The molecule has 1 unspecified atom stereocenters. The summed E-state index contributed by atoms with van der Waals surface area (Å²) in [7, 11) is 0. The number of hydrogen-bond acceptors (Lipinski definition) is 3. The van der Waals surface area contributed by atoms with Gasteiger partial charge in [0.15, 0.2) is 5.58 Å². The van der Waals surface area contributed by atoms with E-state index in [1.54, 1.807) is 0 Å². The minimum absolute atomic E-state index is 0.345. The van der Waals surface area contributed by atoms with Crippen molar-refractivity contribution in [2.24, 2.45) is 0 Å². The molecule has 0 saturated heterocycles. The van der Waals surface area contributed by atoms with Crippen molar-refractivity contribution in [3.63, 3.8) is 0 Å². The lowest BCUT2D eigenvalue weighted by atomic mass is 10.1. The Morgan fingerprint density at radius 2 is 2.00 bits per heavy atom. The second-order valence-electron chi connectivity index (χ2n) is 5.94. The van der Waals surface area contributed by atoms with E-state index < -0.39 is 0 Å². The number of hydrogen-bond donors (Lipinski definition) is 0. The fraction of sp³-hybridized carbons (Fsp3) is 0.250. The van der Waals surface area contributed by atoms with Gasteiger partial charge in [-0.25, -0.2) is 4.98 Å². The average molecular weight is 302 g/mol. The summed E-state index contributed by atoms with van der Waals surface area (Å²) >= 11 is 0. The molecule has 1 atom stereocenters. The zero-order valence-corrected chi connectivity index (χ0v) is 12.9. The van der Waals surface area contributed by atoms with Gasteiger partial charge in [0, 0.05) is 6.04 Å². The molecule has 1 aromatic heterocycles. The van der Waals surface area contributed by atoms with Crippen molar-refractivity contribution in [1.29, 1.82) is 0 Å². The SMILES string of the molecule is C#CCN(Cc1nc2ccccc2o1)C1CCc2ccccc21. The van der Waals surface area contributed by atoms with Crippen molar-refractivity contribution in [3.8, 4) is 12.3 Å². The van der Waals surface area contributed by atoms with Gasteiger partial charge in [-0.15, -0.1) is 6.42 Å². The van der Waals surface area contributed by atoms with E-state index >= 15 is 0 Å². The van der Waals surface area contributed by atoms with Crippen molar-refractivity contribution in [1.82, 2.24) is 9.88 Å². The quantitative estimate of drug-likeness (QED) is 0.683. The predicted octanol–water partition coefficient (Wildman–Crippen LogP) is 3.95. The molecule has 0 N–H and O–H groups in total. The summed E-state index contributed by atoms with van der Waals surface area (Å²) in [5.41, 5.74) is 4.54. The van der Waals surface area contributed by atoms with Gasteiger partial charge in [-0.1, -0.05) is 42.3 Å². The van der Waals surface area contributed by atoms with E-state index in [1.807, 2.05) is 24.3 Å². The van der Waals surface area contributed by atoms with Crippen molar-refractivity contribution in [3.05, 3.63) is 65.5 Å². The normalized spacial score (nSPS) is 16.6. The van der Waals surface area contributed by atoms with Crippen LogP contribution >= 0.6 is 0 Å². The molecule has 0 bridgehead atoms. The summed E-state index contributed by atoms with van der Waals surface area (Å²) < 4.78 is 5.87. The summed E-state index contributed by atoms with van der Waals surface area (Å²) in [5.74, 6) is 3.51. The number of fused-ring (bicyclic) bond motifs is 2. The van der Waals surface area contributed by atoms with Gasteiger partial charge in [0.25, 0.3) is 0 Å². The van der Waals surface area contributed by atoms with Crippen molar-refractivity contribution >= 4 is 11.1 Å².